The zero-order valence-corrected chi connectivity index (χ0v) is 16.6. The number of nitrogens with one attached hydrogen (secondary N) is 2. The first kappa shape index (κ1) is 21.1. The maximum atomic E-state index is 6.08. The minimum absolute atomic E-state index is 0.283. The molecule has 0 radical (unpaired) electrons. The molecule has 2 N–H and O–H groups in total. The quantitative estimate of drug-likeness (QED) is 0.357. The summed E-state index contributed by atoms with van der Waals surface area (Å²) in [5, 5.41) is 7.34. The predicted octanol–water partition coefficient (Wildman–Crippen LogP) is 3.12. The number of benzene rings is 1. The summed E-state index contributed by atoms with van der Waals surface area (Å²) in [7, 11) is 1.73. The maximum absolute atomic E-state index is 6.08. The van der Waals surface area contributed by atoms with Gasteiger partial charge in [0.15, 0.2) is 5.96 Å². The molecular weight excluding hydrogens is 377 g/mol. The number of hydrogen-bond acceptors (Lipinski definition) is 4. The van der Waals surface area contributed by atoms with Crippen molar-refractivity contribution in [3.8, 4) is 5.75 Å². The van der Waals surface area contributed by atoms with Crippen LogP contribution in [0.3, 0.4) is 0 Å². The summed E-state index contributed by atoms with van der Waals surface area (Å²) in [6.07, 6.45) is 3.44. The topological polar surface area (TPSA) is 64.1 Å². The van der Waals surface area contributed by atoms with Crippen molar-refractivity contribution in [2.45, 2.75) is 25.4 Å². The summed E-state index contributed by atoms with van der Waals surface area (Å²) >= 11 is 12.0. The first-order valence-corrected chi connectivity index (χ1v) is 9.67. The van der Waals surface area contributed by atoms with Gasteiger partial charge in [-0.15, -0.1) is 0 Å². The highest BCUT2D eigenvalue weighted by molar-refractivity contribution is 6.42. The van der Waals surface area contributed by atoms with Gasteiger partial charge in [-0.05, 0) is 31.4 Å². The molecule has 0 aliphatic carbocycles. The summed E-state index contributed by atoms with van der Waals surface area (Å²) in [4.78, 5) is 4.18. The fraction of sp³-hybridized carbons (Fsp3) is 0.611. The highest BCUT2D eigenvalue weighted by atomic mass is 35.5. The molecule has 1 atom stereocenters. The minimum Gasteiger partial charge on any atom is -0.490 e. The van der Waals surface area contributed by atoms with Crippen molar-refractivity contribution in [3.63, 3.8) is 0 Å². The van der Waals surface area contributed by atoms with E-state index in [9.17, 15) is 0 Å². The van der Waals surface area contributed by atoms with Gasteiger partial charge in [0, 0.05) is 26.8 Å². The van der Waals surface area contributed by atoms with Crippen molar-refractivity contribution in [2.75, 3.05) is 46.6 Å². The second-order valence-electron chi connectivity index (χ2n) is 5.89. The monoisotopic (exact) mass is 403 g/mol. The molecular formula is C18H27Cl2N3O3. The fourth-order valence-electron chi connectivity index (χ4n) is 2.52. The number of hydrogen-bond donors (Lipinski definition) is 2. The molecule has 1 heterocycles. The van der Waals surface area contributed by atoms with Gasteiger partial charge in [0.1, 0.15) is 17.4 Å². The number of rotatable bonds is 10. The molecule has 0 spiro atoms. The van der Waals surface area contributed by atoms with Crippen LogP contribution >= 0.6 is 23.2 Å². The summed E-state index contributed by atoms with van der Waals surface area (Å²) in [5.74, 6) is 1.30. The van der Waals surface area contributed by atoms with Crippen LogP contribution in [0.2, 0.25) is 10.0 Å². The maximum Gasteiger partial charge on any atom is 0.191 e. The Morgan fingerprint density at radius 1 is 1.27 bits per heavy atom. The molecule has 1 aromatic rings. The lowest BCUT2D eigenvalue weighted by molar-refractivity contribution is 0.0168. The van der Waals surface area contributed by atoms with Crippen LogP contribution in [0.25, 0.3) is 0 Å². The highest BCUT2D eigenvalue weighted by Gasteiger charge is 2.14. The minimum atomic E-state index is 0.283. The molecule has 6 nitrogen and oxygen atoms in total. The molecule has 0 amide bonds. The van der Waals surface area contributed by atoms with E-state index in [-0.39, 0.29) is 6.10 Å². The highest BCUT2D eigenvalue weighted by Crippen LogP contribution is 2.31. The van der Waals surface area contributed by atoms with E-state index in [0.717, 1.165) is 38.4 Å². The SMILES string of the molecule is CN=C(NCCCOCC1CCCO1)NCCOc1cccc(Cl)c1Cl. The van der Waals surface area contributed by atoms with Crippen molar-refractivity contribution in [2.24, 2.45) is 4.99 Å². The van der Waals surface area contributed by atoms with Crippen LogP contribution in [0.5, 0.6) is 5.75 Å². The zero-order valence-electron chi connectivity index (χ0n) is 15.1. The van der Waals surface area contributed by atoms with E-state index in [4.69, 9.17) is 37.4 Å². The van der Waals surface area contributed by atoms with Gasteiger partial charge in [-0.3, -0.25) is 4.99 Å². The van der Waals surface area contributed by atoms with Crippen LogP contribution in [0.1, 0.15) is 19.3 Å². The Hall–Kier alpha value is -1.21. The molecule has 1 aliphatic heterocycles. The van der Waals surface area contributed by atoms with E-state index < -0.39 is 0 Å². The molecule has 1 saturated heterocycles. The van der Waals surface area contributed by atoms with Gasteiger partial charge in [0.05, 0.1) is 24.3 Å². The Bertz CT molecular complexity index is 567. The standard InChI is InChI=1S/C18H27Cl2N3O3/c1-21-18(22-8-4-10-24-13-14-5-3-11-25-14)23-9-12-26-16-7-2-6-15(19)17(16)20/h2,6-7,14H,3-5,8-13H2,1H3,(H2,21,22,23). The Balaban J connectivity index is 1.51. The predicted molar refractivity (Wildman–Crippen MR) is 106 cm³/mol. The number of halogens is 2. The van der Waals surface area contributed by atoms with Crippen LogP contribution in [-0.4, -0.2) is 58.6 Å². The van der Waals surface area contributed by atoms with Gasteiger partial charge in [-0.25, -0.2) is 0 Å². The Morgan fingerprint density at radius 2 is 2.12 bits per heavy atom. The average molecular weight is 404 g/mol. The summed E-state index contributed by atoms with van der Waals surface area (Å²) in [5.41, 5.74) is 0. The number of ether oxygens (including phenoxy) is 3. The van der Waals surface area contributed by atoms with Crippen molar-refractivity contribution >= 4 is 29.2 Å². The first-order valence-electron chi connectivity index (χ1n) is 8.91. The second kappa shape index (κ2) is 12.2. The molecule has 8 heteroatoms. The van der Waals surface area contributed by atoms with Gasteiger partial charge < -0.3 is 24.8 Å². The van der Waals surface area contributed by atoms with Gasteiger partial charge >= 0.3 is 0 Å². The molecule has 26 heavy (non-hydrogen) atoms. The third-order valence-corrected chi connectivity index (χ3v) is 4.68. The smallest absolute Gasteiger partial charge is 0.191 e. The summed E-state index contributed by atoms with van der Waals surface area (Å²) in [6.45, 7) is 4.09. The second-order valence-corrected chi connectivity index (χ2v) is 6.67. The molecule has 146 valence electrons. The zero-order chi connectivity index (χ0) is 18.6. The lowest BCUT2D eigenvalue weighted by atomic mass is 10.2. The van der Waals surface area contributed by atoms with Crippen LogP contribution in [0.15, 0.2) is 23.2 Å². The molecule has 0 aromatic heterocycles. The molecule has 1 aromatic carbocycles. The summed E-state index contributed by atoms with van der Waals surface area (Å²) < 4.78 is 16.8. The molecule has 1 unspecified atom stereocenters. The van der Waals surface area contributed by atoms with Crippen molar-refractivity contribution in [1.29, 1.82) is 0 Å². The molecule has 1 aliphatic rings. The van der Waals surface area contributed by atoms with Gasteiger partial charge in [0.25, 0.3) is 0 Å². The third-order valence-electron chi connectivity index (χ3n) is 3.88. The summed E-state index contributed by atoms with van der Waals surface area (Å²) in [6, 6.07) is 5.32. The Labute approximate surface area is 165 Å². The van der Waals surface area contributed by atoms with E-state index in [0.29, 0.717) is 42.2 Å². The van der Waals surface area contributed by atoms with E-state index in [2.05, 4.69) is 15.6 Å². The van der Waals surface area contributed by atoms with E-state index in [1.165, 1.54) is 0 Å². The van der Waals surface area contributed by atoms with Gasteiger partial charge in [0.2, 0.25) is 0 Å². The van der Waals surface area contributed by atoms with E-state index in [1.54, 1.807) is 25.2 Å². The number of nitrogens with zero attached hydrogens (tertiary/aromatic N) is 1. The number of aliphatic imine (C=N–C) groups is 1. The normalized spacial score (nSPS) is 17.3. The third kappa shape index (κ3) is 7.58. The van der Waals surface area contributed by atoms with Crippen molar-refractivity contribution < 1.29 is 14.2 Å². The van der Waals surface area contributed by atoms with Crippen molar-refractivity contribution in [3.05, 3.63) is 28.2 Å². The van der Waals surface area contributed by atoms with Crippen LogP contribution in [0.4, 0.5) is 0 Å². The van der Waals surface area contributed by atoms with Crippen LogP contribution in [-0.2, 0) is 9.47 Å². The first-order chi connectivity index (χ1) is 12.7. The molecule has 0 bridgehead atoms. The molecule has 0 saturated carbocycles. The molecule has 1 fully saturated rings. The van der Waals surface area contributed by atoms with E-state index >= 15 is 0 Å². The number of guanidine groups is 1. The molecule has 2 rings (SSSR count). The van der Waals surface area contributed by atoms with Gasteiger partial charge in [-0.1, -0.05) is 29.3 Å². The van der Waals surface area contributed by atoms with Crippen LogP contribution < -0.4 is 15.4 Å². The fourth-order valence-corrected chi connectivity index (χ4v) is 2.86. The van der Waals surface area contributed by atoms with E-state index in [1.807, 2.05) is 0 Å². The largest absolute Gasteiger partial charge is 0.490 e. The van der Waals surface area contributed by atoms with Crippen LogP contribution in [0, 0.1) is 0 Å². The lowest BCUT2D eigenvalue weighted by Crippen LogP contribution is -2.40. The Kier molecular flexibility index (Phi) is 9.92. The lowest BCUT2D eigenvalue weighted by Gasteiger charge is -2.14. The van der Waals surface area contributed by atoms with Gasteiger partial charge in [-0.2, -0.15) is 0 Å². The average Bonchev–Trinajstić information content (AvgIpc) is 3.16. The Morgan fingerprint density at radius 3 is 2.88 bits per heavy atom. The van der Waals surface area contributed by atoms with Crippen molar-refractivity contribution in [1.82, 2.24) is 10.6 Å².